The third-order valence-electron chi connectivity index (χ3n) is 5.73. The van der Waals surface area contributed by atoms with E-state index in [9.17, 15) is 9.59 Å². The monoisotopic (exact) mass is 364 g/mol. The molecule has 0 bridgehead atoms. The third-order valence-corrected chi connectivity index (χ3v) is 5.98. The Morgan fingerprint density at radius 3 is 2.32 bits per heavy atom. The number of benzene rings is 1. The summed E-state index contributed by atoms with van der Waals surface area (Å²) in [5, 5.41) is 12.9. The quantitative estimate of drug-likeness (QED) is 0.856. The second kappa shape index (κ2) is 7.65. The van der Waals surface area contributed by atoms with E-state index >= 15 is 0 Å². The molecule has 2 fully saturated rings. The number of carboxylic acids is 1. The van der Waals surface area contributed by atoms with E-state index in [1.165, 1.54) is 18.4 Å². The Morgan fingerprint density at radius 1 is 1.16 bits per heavy atom. The Hall–Kier alpha value is -1.75. The van der Waals surface area contributed by atoms with E-state index in [0.717, 1.165) is 17.9 Å². The lowest BCUT2D eigenvalue weighted by Gasteiger charge is -2.34. The molecule has 1 aliphatic heterocycles. The number of carbonyl (C=O) groups excluding carboxylic acids is 1. The topological polar surface area (TPSA) is 69.6 Å². The van der Waals surface area contributed by atoms with Gasteiger partial charge >= 0.3 is 12.0 Å². The molecule has 2 amide bonds. The van der Waals surface area contributed by atoms with Gasteiger partial charge in [-0.1, -0.05) is 36.6 Å². The van der Waals surface area contributed by atoms with Gasteiger partial charge in [0, 0.05) is 30.1 Å². The molecule has 136 valence electrons. The summed E-state index contributed by atoms with van der Waals surface area (Å²) in [6, 6.07) is 7.88. The van der Waals surface area contributed by atoms with Gasteiger partial charge in [0.2, 0.25) is 0 Å². The first-order valence-corrected chi connectivity index (χ1v) is 9.40. The maximum Gasteiger partial charge on any atom is 0.317 e. The first-order chi connectivity index (χ1) is 12.0. The Balaban J connectivity index is 1.60. The number of nitrogens with zero attached hydrogens (tertiary/aromatic N) is 1. The number of piperidine rings is 1. The number of nitrogens with one attached hydrogen (secondary N) is 1. The summed E-state index contributed by atoms with van der Waals surface area (Å²) >= 11 is 6.01. The fraction of sp³-hybridized carbons (Fsp3) is 0.579. The molecule has 3 rings (SSSR count). The van der Waals surface area contributed by atoms with Crippen LogP contribution in [0.2, 0.25) is 5.02 Å². The summed E-state index contributed by atoms with van der Waals surface area (Å²) in [4.78, 5) is 25.3. The molecule has 2 N–H and O–H groups in total. The van der Waals surface area contributed by atoms with Crippen molar-refractivity contribution >= 4 is 23.6 Å². The summed E-state index contributed by atoms with van der Waals surface area (Å²) in [7, 11) is 0. The van der Waals surface area contributed by atoms with Crippen molar-refractivity contribution in [2.45, 2.75) is 43.9 Å². The average Bonchev–Trinajstić information content (AvgIpc) is 3.10. The zero-order valence-electron chi connectivity index (χ0n) is 14.3. The van der Waals surface area contributed by atoms with Crippen molar-refractivity contribution in [1.82, 2.24) is 10.2 Å². The molecular weight excluding hydrogens is 340 g/mol. The van der Waals surface area contributed by atoms with Gasteiger partial charge in [0.1, 0.15) is 0 Å². The normalized spacial score (nSPS) is 20.4. The summed E-state index contributed by atoms with van der Waals surface area (Å²) < 4.78 is 0. The largest absolute Gasteiger partial charge is 0.481 e. The Kier molecular flexibility index (Phi) is 5.52. The van der Waals surface area contributed by atoms with Gasteiger partial charge in [-0.15, -0.1) is 0 Å². The van der Waals surface area contributed by atoms with E-state index in [4.69, 9.17) is 16.7 Å². The van der Waals surface area contributed by atoms with E-state index in [1.807, 2.05) is 12.1 Å². The number of urea groups is 1. The van der Waals surface area contributed by atoms with Crippen LogP contribution >= 0.6 is 11.6 Å². The Morgan fingerprint density at radius 2 is 1.76 bits per heavy atom. The van der Waals surface area contributed by atoms with Gasteiger partial charge in [-0.05, 0) is 43.4 Å². The number of carbonyl (C=O) groups is 2. The summed E-state index contributed by atoms with van der Waals surface area (Å²) in [6.07, 6.45) is 5.53. The first-order valence-electron chi connectivity index (χ1n) is 9.02. The van der Waals surface area contributed by atoms with Crippen molar-refractivity contribution in [3.05, 3.63) is 34.9 Å². The van der Waals surface area contributed by atoms with Crippen LogP contribution in [0.1, 0.15) is 44.1 Å². The summed E-state index contributed by atoms with van der Waals surface area (Å²) in [5.41, 5.74) is 1.22. The highest BCUT2D eigenvalue weighted by atomic mass is 35.5. The number of rotatable bonds is 4. The minimum atomic E-state index is -0.757. The number of hydrogen-bond acceptors (Lipinski definition) is 2. The van der Waals surface area contributed by atoms with Crippen LogP contribution in [-0.4, -0.2) is 41.6 Å². The van der Waals surface area contributed by atoms with Crippen molar-refractivity contribution in [1.29, 1.82) is 0 Å². The lowest BCUT2D eigenvalue weighted by Crippen LogP contribution is -2.48. The van der Waals surface area contributed by atoms with Crippen LogP contribution in [-0.2, 0) is 10.2 Å². The van der Waals surface area contributed by atoms with Gasteiger partial charge in [-0.2, -0.15) is 0 Å². The van der Waals surface area contributed by atoms with E-state index in [2.05, 4.69) is 17.4 Å². The van der Waals surface area contributed by atoms with Gasteiger partial charge in [-0.25, -0.2) is 4.79 Å². The van der Waals surface area contributed by atoms with Gasteiger partial charge in [0.15, 0.2) is 0 Å². The fourth-order valence-corrected chi connectivity index (χ4v) is 4.23. The molecule has 2 aliphatic rings. The van der Waals surface area contributed by atoms with Gasteiger partial charge < -0.3 is 15.3 Å². The Labute approximate surface area is 153 Å². The number of halogens is 1. The first kappa shape index (κ1) is 18.1. The highest BCUT2D eigenvalue weighted by molar-refractivity contribution is 6.30. The maximum absolute atomic E-state index is 12.5. The number of aliphatic carboxylic acids is 1. The van der Waals surface area contributed by atoms with E-state index in [1.54, 1.807) is 4.90 Å². The zero-order chi connectivity index (χ0) is 17.9. The second-order valence-corrected chi connectivity index (χ2v) is 7.69. The van der Waals surface area contributed by atoms with Crippen molar-refractivity contribution in [3.63, 3.8) is 0 Å². The summed E-state index contributed by atoms with van der Waals surface area (Å²) in [5.74, 6) is -1.08. The molecule has 5 nitrogen and oxygen atoms in total. The van der Waals surface area contributed by atoms with E-state index in [0.29, 0.717) is 32.5 Å². The third kappa shape index (κ3) is 4.09. The lowest BCUT2D eigenvalue weighted by molar-refractivity contribution is -0.143. The standard InChI is InChI=1S/C19H25ClN2O3/c20-16-5-3-15(4-6-16)19(9-1-2-10-19)13-21-18(25)22-11-7-14(8-12-22)17(23)24/h3-6,14H,1-2,7-13H2,(H,21,25)(H,23,24). The van der Waals surface area contributed by atoms with Gasteiger partial charge in [-0.3, -0.25) is 4.79 Å². The molecule has 6 heteroatoms. The average molecular weight is 365 g/mol. The van der Waals surface area contributed by atoms with Gasteiger partial charge in [0.25, 0.3) is 0 Å². The fourth-order valence-electron chi connectivity index (χ4n) is 4.11. The molecule has 0 aromatic heterocycles. The van der Waals surface area contributed by atoms with Gasteiger partial charge in [0.05, 0.1) is 5.92 Å². The van der Waals surface area contributed by atoms with E-state index in [-0.39, 0.29) is 17.4 Å². The van der Waals surface area contributed by atoms with Crippen molar-refractivity contribution in [2.24, 2.45) is 5.92 Å². The zero-order valence-corrected chi connectivity index (χ0v) is 15.1. The molecule has 25 heavy (non-hydrogen) atoms. The van der Waals surface area contributed by atoms with Crippen molar-refractivity contribution < 1.29 is 14.7 Å². The van der Waals surface area contributed by atoms with Crippen LogP contribution in [0.15, 0.2) is 24.3 Å². The maximum atomic E-state index is 12.5. The lowest BCUT2D eigenvalue weighted by atomic mass is 9.79. The number of hydrogen-bond donors (Lipinski definition) is 2. The molecule has 1 saturated heterocycles. The highest BCUT2D eigenvalue weighted by Gasteiger charge is 2.36. The summed E-state index contributed by atoms with van der Waals surface area (Å²) in [6.45, 7) is 1.64. The molecular formula is C19H25ClN2O3. The molecule has 0 unspecified atom stereocenters. The van der Waals surface area contributed by atoms with Crippen LogP contribution < -0.4 is 5.32 Å². The van der Waals surface area contributed by atoms with Crippen LogP contribution in [0.3, 0.4) is 0 Å². The molecule has 1 aromatic rings. The minimum Gasteiger partial charge on any atom is -0.481 e. The second-order valence-electron chi connectivity index (χ2n) is 7.25. The minimum absolute atomic E-state index is 0.0143. The Bertz CT molecular complexity index is 618. The number of carboxylic acid groups (broad SMARTS) is 1. The molecule has 0 spiro atoms. The SMILES string of the molecule is O=C(O)C1CCN(C(=O)NCC2(c3ccc(Cl)cc3)CCCC2)CC1. The number of amides is 2. The van der Waals surface area contributed by atoms with Crippen molar-refractivity contribution in [2.75, 3.05) is 19.6 Å². The molecule has 1 aromatic carbocycles. The van der Waals surface area contributed by atoms with Crippen LogP contribution in [0.5, 0.6) is 0 Å². The van der Waals surface area contributed by atoms with Crippen LogP contribution in [0, 0.1) is 5.92 Å². The number of likely N-dealkylation sites (tertiary alicyclic amines) is 1. The predicted molar refractivity (Wildman–Crippen MR) is 96.9 cm³/mol. The molecule has 1 aliphatic carbocycles. The predicted octanol–water partition coefficient (Wildman–Crippen LogP) is 3.66. The smallest absolute Gasteiger partial charge is 0.317 e. The van der Waals surface area contributed by atoms with Crippen molar-refractivity contribution in [3.8, 4) is 0 Å². The molecule has 1 saturated carbocycles. The van der Waals surface area contributed by atoms with Crippen LogP contribution in [0.4, 0.5) is 4.79 Å². The molecule has 0 radical (unpaired) electrons. The van der Waals surface area contributed by atoms with Crippen LogP contribution in [0.25, 0.3) is 0 Å². The molecule has 1 heterocycles. The van der Waals surface area contributed by atoms with E-state index < -0.39 is 5.97 Å². The molecule has 0 atom stereocenters. The highest BCUT2D eigenvalue weighted by Crippen LogP contribution is 2.41.